The third-order valence-corrected chi connectivity index (χ3v) is 3.25. The monoisotopic (exact) mass is 282 g/mol. The summed E-state index contributed by atoms with van der Waals surface area (Å²) in [6.07, 6.45) is 3.82. The molecule has 1 heterocycles. The van der Waals surface area contributed by atoms with Gasteiger partial charge in [0.25, 0.3) is 0 Å². The first-order valence-electron chi connectivity index (χ1n) is 5.82. The Labute approximate surface area is 148 Å². The number of aryl methyl sites for hydroxylation is 2. The molecule has 0 unspecified atom stereocenters. The molecule has 0 fully saturated rings. The molecule has 0 aromatic carbocycles. The van der Waals surface area contributed by atoms with Gasteiger partial charge >= 0.3 is 58.4 Å². The van der Waals surface area contributed by atoms with Crippen molar-refractivity contribution in [1.82, 2.24) is 9.55 Å². The summed E-state index contributed by atoms with van der Waals surface area (Å²) in [5, 5.41) is 0. The molecule has 1 aliphatic rings. The maximum Gasteiger partial charge on any atom is 1.00 e. The van der Waals surface area contributed by atoms with Gasteiger partial charge in [0.2, 0.25) is 0 Å². The van der Waals surface area contributed by atoms with Crippen LogP contribution < -0.4 is 51.4 Å². The Kier molecular flexibility index (Phi) is 5.74. The smallest absolute Gasteiger partial charge is 0.445 e. The summed E-state index contributed by atoms with van der Waals surface area (Å²) in [6.45, 7) is -0.219. The molecule has 0 bridgehead atoms. The van der Waals surface area contributed by atoms with Crippen molar-refractivity contribution in [2.24, 2.45) is 0 Å². The number of aromatic nitrogens is 2. The van der Waals surface area contributed by atoms with Crippen LogP contribution in [0.15, 0.2) is 12.1 Å². The number of nitrogens with zero attached hydrogens (tertiary/aromatic N) is 2. The minimum absolute atomic E-state index is 0. The predicted octanol–water partition coefficient (Wildman–Crippen LogP) is 0.0171. The molecule has 0 aliphatic heterocycles. The van der Waals surface area contributed by atoms with E-state index in [2.05, 4.69) is 11.6 Å². The van der Waals surface area contributed by atoms with Gasteiger partial charge in [0.1, 0.15) is 5.82 Å². The molecule has 0 amide bonds. The second-order valence-electron chi connectivity index (χ2n) is 4.58. The van der Waals surface area contributed by atoms with E-state index in [0.717, 1.165) is 37.1 Å². The Morgan fingerprint density at radius 1 is 1.33 bits per heavy atom. The molecule has 2 rings (SSSR count). The van der Waals surface area contributed by atoms with Crippen LogP contribution in [0.2, 0.25) is 0 Å². The Bertz CT molecular complexity index is 454. The number of fused-ring (bicyclic) bond motifs is 1. The van der Waals surface area contributed by atoms with Crippen LogP contribution in [0.3, 0.4) is 0 Å². The van der Waals surface area contributed by atoms with E-state index in [1.807, 2.05) is 0 Å². The molecule has 1 aliphatic carbocycles. The van der Waals surface area contributed by atoms with E-state index in [1.165, 1.54) is 0 Å². The van der Waals surface area contributed by atoms with Gasteiger partial charge in [-0.05, 0) is 32.6 Å². The number of hydrogen-bond donors (Lipinski definition) is 0. The van der Waals surface area contributed by atoms with E-state index in [9.17, 15) is 12.9 Å². The molecule has 0 atom stereocenters. The molecule has 1 aromatic rings. The van der Waals surface area contributed by atoms with Crippen molar-refractivity contribution in [1.29, 1.82) is 0 Å². The Morgan fingerprint density at radius 3 is 2.56 bits per heavy atom. The maximum atomic E-state index is 12.5. The number of hydrogen-bond acceptors (Lipinski definition) is 1. The zero-order valence-corrected chi connectivity index (χ0v) is 14.0. The first kappa shape index (κ1) is 16.5. The van der Waals surface area contributed by atoms with Gasteiger partial charge in [0.05, 0.1) is 5.69 Å². The topological polar surface area (TPSA) is 17.8 Å². The largest absolute Gasteiger partial charge is 1.00 e. The van der Waals surface area contributed by atoms with Crippen LogP contribution >= 0.6 is 0 Å². The molecule has 0 radical (unpaired) electrons. The summed E-state index contributed by atoms with van der Waals surface area (Å²) in [4.78, 5) is 4.35. The molecular formula is C11H15BF3KN2. The van der Waals surface area contributed by atoms with Gasteiger partial charge in [0, 0.05) is 12.2 Å². The zero-order chi connectivity index (χ0) is 12.6. The summed E-state index contributed by atoms with van der Waals surface area (Å²) < 4.78 is 39.3. The number of imidazole rings is 1. The summed E-state index contributed by atoms with van der Waals surface area (Å²) >= 11 is 0. The number of halogens is 3. The van der Waals surface area contributed by atoms with Crippen LogP contribution in [0.25, 0.3) is 0 Å². The molecular weight excluding hydrogens is 267 g/mol. The van der Waals surface area contributed by atoms with Crippen LogP contribution in [-0.4, -0.2) is 16.5 Å². The molecule has 0 saturated carbocycles. The Morgan fingerprint density at radius 2 is 1.94 bits per heavy atom. The number of allylic oxidation sites excluding steroid dienone is 1. The van der Waals surface area contributed by atoms with Gasteiger partial charge in [-0.3, -0.25) is 0 Å². The third-order valence-electron chi connectivity index (χ3n) is 3.25. The summed E-state index contributed by atoms with van der Waals surface area (Å²) in [6, 6.07) is 0. The van der Waals surface area contributed by atoms with Gasteiger partial charge in [-0.15, -0.1) is 12.1 Å². The molecule has 2 nitrogen and oxygen atoms in total. The van der Waals surface area contributed by atoms with Crippen molar-refractivity contribution < 1.29 is 64.3 Å². The maximum absolute atomic E-state index is 12.5. The van der Waals surface area contributed by atoms with Gasteiger partial charge in [0.15, 0.2) is 0 Å². The fourth-order valence-electron chi connectivity index (χ4n) is 2.25. The van der Waals surface area contributed by atoms with Gasteiger partial charge in [-0.2, -0.15) is 0 Å². The molecule has 7 heteroatoms. The van der Waals surface area contributed by atoms with Crippen molar-refractivity contribution in [3.8, 4) is 0 Å². The molecule has 0 saturated heterocycles. The van der Waals surface area contributed by atoms with Crippen molar-refractivity contribution in [3.05, 3.63) is 29.3 Å². The Hall–Kier alpha value is 0.441. The van der Waals surface area contributed by atoms with Crippen LogP contribution in [0.1, 0.15) is 30.1 Å². The van der Waals surface area contributed by atoms with E-state index in [0.29, 0.717) is 5.82 Å². The second-order valence-corrected chi connectivity index (χ2v) is 4.58. The SMILES string of the molecule is C=C(Cn1c(C)nc2c1CCCC2)[B-](F)(F)F.[K+]. The van der Waals surface area contributed by atoms with E-state index < -0.39 is 12.4 Å². The predicted molar refractivity (Wildman–Crippen MR) is 61.8 cm³/mol. The first-order valence-corrected chi connectivity index (χ1v) is 5.82. The molecule has 18 heavy (non-hydrogen) atoms. The summed E-state index contributed by atoms with van der Waals surface area (Å²) in [5.41, 5.74) is 1.28. The van der Waals surface area contributed by atoms with Crippen LogP contribution in [0.4, 0.5) is 12.9 Å². The van der Waals surface area contributed by atoms with Crippen molar-refractivity contribution in [2.45, 2.75) is 39.2 Å². The fourth-order valence-corrected chi connectivity index (χ4v) is 2.25. The average Bonchev–Trinajstić information content (AvgIpc) is 2.54. The first-order chi connectivity index (χ1) is 7.89. The fraction of sp³-hybridized carbons (Fsp3) is 0.545. The molecule has 94 valence electrons. The van der Waals surface area contributed by atoms with Gasteiger partial charge in [-0.25, -0.2) is 4.98 Å². The van der Waals surface area contributed by atoms with Gasteiger partial charge in [-0.1, -0.05) is 0 Å². The summed E-state index contributed by atoms with van der Waals surface area (Å²) in [5.74, 6) is 0.665. The third kappa shape index (κ3) is 3.51. The standard InChI is InChI=1S/C11H15BF3N2.K/c1-8(12(13,14)15)7-17-9(2)16-10-5-3-4-6-11(10)17;/h1,3-7H2,2H3;/q-1;+1. The van der Waals surface area contributed by atoms with Crippen molar-refractivity contribution >= 4 is 6.98 Å². The van der Waals surface area contributed by atoms with Gasteiger partial charge < -0.3 is 17.5 Å². The minimum Gasteiger partial charge on any atom is -0.445 e. The molecule has 0 N–H and O–H groups in total. The van der Waals surface area contributed by atoms with Crippen LogP contribution in [-0.2, 0) is 19.4 Å². The van der Waals surface area contributed by atoms with E-state index in [4.69, 9.17) is 0 Å². The second kappa shape index (κ2) is 6.26. The van der Waals surface area contributed by atoms with E-state index in [-0.39, 0.29) is 57.9 Å². The van der Waals surface area contributed by atoms with E-state index in [1.54, 1.807) is 11.5 Å². The van der Waals surface area contributed by atoms with Crippen LogP contribution in [0.5, 0.6) is 0 Å². The van der Waals surface area contributed by atoms with E-state index >= 15 is 0 Å². The molecule has 0 spiro atoms. The quantitative estimate of drug-likeness (QED) is 0.715. The van der Waals surface area contributed by atoms with Crippen molar-refractivity contribution in [2.75, 3.05) is 0 Å². The average molecular weight is 282 g/mol. The molecule has 1 aromatic heterocycles. The van der Waals surface area contributed by atoms with Crippen molar-refractivity contribution in [3.63, 3.8) is 0 Å². The zero-order valence-electron chi connectivity index (χ0n) is 10.8. The normalized spacial score (nSPS) is 14.9. The number of rotatable bonds is 3. The Balaban J connectivity index is 0.00000162. The summed E-state index contributed by atoms with van der Waals surface area (Å²) in [7, 11) is 0. The minimum atomic E-state index is -4.95. The van der Waals surface area contributed by atoms with Crippen LogP contribution in [0, 0.1) is 6.92 Å².